The highest BCUT2D eigenvalue weighted by atomic mass is 16.5. The third kappa shape index (κ3) is 2.20. The largest absolute Gasteiger partial charge is 0.492 e. The van der Waals surface area contributed by atoms with Crippen LogP contribution in [0.5, 0.6) is 5.75 Å². The number of carbonyl (C=O) groups is 1. The van der Waals surface area contributed by atoms with Crippen molar-refractivity contribution in [3.8, 4) is 11.4 Å². The van der Waals surface area contributed by atoms with Crippen molar-refractivity contribution in [3.63, 3.8) is 0 Å². The van der Waals surface area contributed by atoms with Gasteiger partial charge in [-0.05, 0) is 26.0 Å². The van der Waals surface area contributed by atoms with Crippen molar-refractivity contribution in [2.75, 3.05) is 6.61 Å². The smallest absolute Gasteiger partial charge is 0.153 e. The molecule has 0 bridgehead atoms. The summed E-state index contributed by atoms with van der Waals surface area (Å²) < 4.78 is 7.20. The molecule has 0 saturated heterocycles. The molecule has 1 heterocycles. The fraction of sp³-hybridized carbons (Fsp3) is 0.231. The summed E-state index contributed by atoms with van der Waals surface area (Å²) in [5.74, 6) is 0.759. The average molecular weight is 230 g/mol. The molecule has 2 rings (SSSR count). The van der Waals surface area contributed by atoms with E-state index in [9.17, 15) is 4.79 Å². The van der Waals surface area contributed by atoms with Gasteiger partial charge in [-0.15, -0.1) is 0 Å². The molecule has 0 unspecified atom stereocenters. The summed E-state index contributed by atoms with van der Waals surface area (Å²) in [5, 5.41) is 4.30. The highest BCUT2D eigenvalue weighted by Gasteiger charge is 2.09. The molecule has 0 aliphatic rings. The van der Waals surface area contributed by atoms with Crippen LogP contribution in [0.1, 0.15) is 23.0 Å². The van der Waals surface area contributed by atoms with Gasteiger partial charge in [0.1, 0.15) is 11.4 Å². The highest BCUT2D eigenvalue weighted by Crippen LogP contribution is 2.22. The van der Waals surface area contributed by atoms with E-state index < -0.39 is 0 Å². The summed E-state index contributed by atoms with van der Waals surface area (Å²) in [5.41, 5.74) is 2.15. The zero-order valence-corrected chi connectivity index (χ0v) is 9.88. The van der Waals surface area contributed by atoms with Crippen LogP contribution < -0.4 is 4.74 Å². The molecule has 0 spiro atoms. The number of hydrogen-bond donors (Lipinski definition) is 0. The normalized spacial score (nSPS) is 10.2. The summed E-state index contributed by atoms with van der Waals surface area (Å²) >= 11 is 0. The van der Waals surface area contributed by atoms with E-state index in [0.717, 1.165) is 17.7 Å². The number of para-hydroxylation sites is 2. The molecule has 0 amide bonds. The first kappa shape index (κ1) is 11.4. The van der Waals surface area contributed by atoms with Crippen LogP contribution in [0.4, 0.5) is 0 Å². The predicted molar refractivity (Wildman–Crippen MR) is 64.9 cm³/mol. The minimum atomic E-state index is 0.594. The van der Waals surface area contributed by atoms with Crippen LogP contribution >= 0.6 is 0 Å². The van der Waals surface area contributed by atoms with E-state index in [4.69, 9.17) is 4.74 Å². The van der Waals surface area contributed by atoms with Crippen molar-refractivity contribution in [2.45, 2.75) is 13.8 Å². The lowest BCUT2D eigenvalue weighted by Crippen LogP contribution is -2.00. The molecule has 4 heteroatoms. The van der Waals surface area contributed by atoms with Crippen molar-refractivity contribution < 1.29 is 9.53 Å². The number of aromatic nitrogens is 2. The van der Waals surface area contributed by atoms with E-state index in [2.05, 4.69) is 5.10 Å². The van der Waals surface area contributed by atoms with Gasteiger partial charge in [-0.1, -0.05) is 12.1 Å². The first-order chi connectivity index (χ1) is 8.26. The molecule has 1 aromatic carbocycles. The third-order valence-corrected chi connectivity index (χ3v) is 2.48. The van der Waals surface area contributed by atoms with Crippen LogP contribution in [0, 0.1) is 6.92 Å². The molecular weight excluding hydrogens is 216 g/mol. The fourth-order valence-corrected chi connectivity index (χ4v) is 1.64. The zero-order chi connectivity index (χ0) is 12.3. The van der Waals surface area contributed by atoms with Crippen molar-refractivity contribution in [1.29, 1.82) is 0 Å². The number of nitrogens with zero attached hydrogens (tertiary/aromatic N) is 2. The number of hydrogen-bond acceptors (Lipinski definition) is 3. The summed E-state index contributed by atoms with van der Waals surface area (Å²) in [6.07, 6.45) is 2.52. The molecule has 0 N–H and O–H groups in total. The van der Waals surface area contributed by atoms with Gasteiger partial charge in [0.05, 0.1) is 17.9 Å². The van der Waals surface area contributed by atoms with Crippen LogP contribution in [0.25, 0.3) is 5.69 Å². The Morgan fingerprint density at radius 1 is 1.41 bits per heavy atom. The second-order valence-corrected chi connectivity index (χ2v) is 3.63. The van der Waals surface area contributed by atoms with Crippen LogP contribution in [0.3, 0.4) is 0 Å². The van der Waals surface area contributed by atoms with Gasteiger partial charge in [0.25, 0.3) is 0 Å². The Balaban J connectivity index is 2.48. The molecule has 0 aliphatic heterocycles. The topological polar surface area (TPSA) is 44.1 Å². The first-order valence-electron chi connectivity index (χ1n) is 5.50. The van der Waals surface area contributed by atoms with E-state index in [1.165, 1.54) is 0 Å². The maximum absolute atomic E-state index is 10.8. The maximum atomic E-state index is 10.8. The quantitative estimate of drug-likeness (QED) is 0.757. The van der Waals surface area contributed by atoms with Gasteiger partial charge in [0, 0.05) is 6.20 Å². The number of rotatable bonds is 4. The molecule has 0 fully saturated rings. The Bertz CT molecular complexity index is 532. The van der Waals surface area contributed by atoms with Crippen LogP contribution in [0.2, 0.25) is 0 Å². The van der Waals surface area contributed by atoms with Gasteiger partial charge >= 0.3 is 0 Å². The molecule has 88 valence electrons. The summed E-state index contributed by atoms with van der Waals surface area (Å²) in [6, 6.07) is 7.61. The average Bonchev–Trinajstić information content (AvgIpc) is 2.71. The minimum Gasteiger partial charge on any atom is -0.492 e. The second-order valence-electron chi connectivity index (χ2n) is 3.63. The molecule has 17 heavy (non-hydrogen) atoms. The molecule has 0 saturated carbocycles. The van der Waals surface area contributed by atoms with Gasteiger partial charge in [-0.25, -0.2) is 4.68 Å². The van der Waals surface area contributed by atoms with Gasteiger partial charge in [-0.2, -0.15) is 5.10 Å². The SMILES string of the molecule is CCOc1ccccc1-n1cc(C=O)c(C)n1. The molecule has 4 nitrogen and oxygen atoms in total. The van der Waals surface area contributed by atoms with E-state index in [0.29, 0.717) is 17.9 Å². The van der Waals surface area contributed by atoms with E-state index in [1.54, 1.807) is 10.9 Å². The monoisotopic (exact) mass is 230 g/mol. The Morgan fingerprint density at radius 2 is 2.18 bits per heavy atom. The third-order valence-electron chi connectivity index (χ3n) is 2.48. The van der Waals surface area contributed by atoms with Crippen molar-refractivity contribution in [3.05, 3.63) is 41.7 Å². The van der Waals surface area contributed by atoms with Gasteiger partial charge in [0.2, 0.25) is 0 Å². The molecule has 0 atom stereocenters. The molecule has 0 radical (unpaired) electrons. The summed E-state index contributed by atoms with van der Waals surface area (Å²) in [6.45, 7) is 4.34. The van der Waals surface area contributed by atoms with Crippen molar-refractivity contribution >= 4 is 6.29 Å². The maximum Gasteiger partial charge on any atom is 0.153 e. The fourth-order valence-electron chi connectivity index (χ4n) is 1.64. The molecular formula is C13H14N2O2. The van der Waals surface area contributed by atoms with Crippen molar-refractivity contribution in [2.24, 2.45) is 0 Å². The molecule has 2 aromatic rings. The number of carbonyl (C=O) groups excluding carboxylic acids is 1. The lowest BCUT2D eigenvalue weighted by atomic mass is 10.3. The molecule has 1 aromatic heterocycles. The Labute approximate surface area is 99.8 Å². The molecule has 0 aliphatic carbocycles. The Morgan fingerprint density at radius 3 is 2.82 bits per heavy atom. The number of aryl methyl sites for hydroxylation is 1. The number of benzene rings is 1. The number of aldehydes is 1. The summed E-state index contributed by atoms with van der Waals surface area (Å²) in [4.78, 5) is 10.8. The zero-order valence-electron chi connectivity index (χ0n) is 9.88. The van der Waals surface area contributed by atoms with Gasteiger partial charge < -0.3 is 4.74 Å². The Kier molecular flexibility index (Phi) is 3.23. The first-order valence-corrected chi connectivity index (χ1v) is 5.50. The standard InChI is InChI=1S/C13H14N2O2/c1-3-17-13-7-5-4-6-12(13)15-8-11(9-16)10(2)14-15/h4-9H,3H2,1-2H3. The number of ether oxygens (including phenoxy) is 1. The predicted octanol–water partition coefficient (Wildman–Crippen LogP) is 2.39. The highest BCUT2D eigenvalue weighted by molar-refractivity contribution is 5.76. The second kappa shape index (κ2) is 4.82. The Hall–Kier alpha value is -2.10. The van der Waals surface area contributed by atoms with Crippen molar-refractivity contribution in [1.82, 2.24) is 9.78 Å². The summed E-state index contributed by atoms with van der Waals surface area (Å²) in [7, 11) is 0. The van der Waals surface area contributed by atoms with Crippen LogP contribution in [0.15, 0.2) is 30.5 Å². The van der Waals surface area contributed by atoms with Gasteiger partial charge in [0.15, 0.2) is 6.29 Å². The van der Waals surface area contributed by atoms with Crippen LogP contribution in [-0.2, 0) is 0 Å². The lowest BCUT2D eigenvalue weighted by Gasteiger charge is -2.09. The van der Waals surface area contributed by atoms with E-state index in [1.807, 2.05) is 38.1 Å². The van der Waals surface area contributed by atoms with E-state index in [-0.39, 0.29) is 0 Å². The lowest BCUT2D eigenvalue weighted by molar-refractivity contribution is 0.112. The minimum absolute atomic E-state index is 0.594. The van der Waals surface area contributed by atoms with E-state index >= 15 is 0 Å². The van der Waals surface area contributed by atoms with Crippen LogP contribution in [-0.4, -0.2) is 22.7 Å². The van der Waals surface area contributed by atoms with Gasteiger partial charge in [-0.3, -0.25) is 4.79 Å².